The maximum Gasteiger partial charge on any atom is 0.329 e. The van der Waals surface area contributed by atoms with E-state index in [1.54, 1.807) is 14.1 Å². The molecular formula is C14H21N5O4. The molecule has 126 valence electrons. The first-order chi connectivity index (χ1) is 10.8. The molecule has 2 N–H and O–H groups in total. The van der Waals surface area contributed by atoms with Gasteiger partial charge in [-0.2, -0.15) is 0 Å². The Bertz CT molecular complexity index is 604. The van der Waals surface area contributed by atoms with Crippen LogP contribution in [-0.4, -0.2) is 62.4 Å². The second-order valence-corrected chi connectivity index (χ2v) is 5.99. The summed E-state index contributed by atoms with van der Waals surface area (Å²) in [6.07, 6.45) is 4.64. The highest BCUT2D eigenvalue weighted by Gasteiger charge is 2.41. The van der Waals surface area contributed by atoms with Crippen molar-refractivity contribution in [2.75, 3.05) is 14.1 Å². The molecule has 1 aliphatic carbocycles. The second-order valence-electron chi connectivity index (χ2n) is 5.99. The molecule has 9 nitrogen and oxygen atoms in total. The average Bonchev–Trinajstić information content (AvgIpc) is 2.96. The van der Waals surface area contributed by atoms with Gasteiger partial charge in [-0.1, -0.05) is 24.5 Å². The van der Waals surface area contributed by atoms with Crippen molar-refractivity contribution in [1.29, 1.82) is 0 Å². The molecule has 1 heterocycles. The molecule has 1 aliphatic rings. The molecule has 0 spiro atoms. The molecule has 0 bridgehead atoms. The Morgan fingerprint density at radius 2 is 1.96 bits per heavy atom. The maximum absolute atomic E-state index is 12.3. The van der Waals surface area contributed by atoms with E-state index in [0.717, 1.165) is 19.3 Å². The van der Waals surface area contributed by atoms with Crippen molar-refractivity contribution < 1.29 is 19.5 Å². The van der Waals surface area contributed by atoms with Crippen molar-refractivity contribution in [3.8, 4) is 0 Å². The van der Waals surface area contributed by atoms with Crippen molar-refractivity contribution >= 4 is 17.8 Å². The van der Waals surface area contributed by atoms with Crippen molar-refractivity contribution in [1.82, 2.24) is 25.2 Å². The Kier molecular flexibility index (Phi) is 4.97. The molecule has 0 saturated heterocycles. The number of hydrogen-bond acceptors (Lipinski definition) is 5. The van der Waals surface area contributed by atoms with Gasteiger partial charge < -0.3 is 15.3 Å². The molecule has 0 radical (unpaired) electrons. The van der Waals surface area contributed by atoms with Crippen LogP contribution in [-0.2, 0) is 16.1 Å². The number of likely N-dealkylation sites (N-methyl/N-ethyl adjacent to an activating group) is 1. The van der Waals surface area contributed by atoms with Crippen LogP contribution in [0.1, 0.15) is 42.6 Å². The van der Waals surface area contributed by atoms with E-state index in [1.165, 1.54) is 15.8 Å². The molecule has 1 aromatic heterocycles. The van der Waals surface area contributed by atoms with E-state index < -0.39 is 17.4 Å². The number of aromatic nitrogens is 3. The lowest BCUT2D eigenvalue weighted by molar-refractivity contribution is -0.146. The van der Waals surface area contributed by atoms with Gasteiger partial charge in [0.2, 0.25) is 5.91 Å². The van der Waals surface area contributed by atoms with Gasteiger partial charge in [-0.15, -0.1) is 5.10 Å². The van der Waals surface area contributed by atoms with Gasteiger partial charge in [0.15, 0.2) is 5.69 Å². The lowest BCUT2D eigenvalue weighted by Gasteiger charge is -2.33. The fraction of sp³-hybridized carbons (Fsp3) is 0.643. The normalized spacial score (nSPS) is 16.6. The Labute approximate surface area is 133 Å². The van der Waals surface area contributed by atoms with Crippen LogP contribution in [0, 0.1) is 0 Å². The van der Waals surface area contributed by atoms with Crippen LogP contribution in [0.5, 0.6) is 0 Å². The molecule has 2 amide bonds. The Morgan fingerprint density at radius 3 is 2.52 bits per heavy atom. The van der Waals surface area contributed by atoms with E-state index in [4.69, 9.17) is 0 Å². The van der Waals surface area contributed by atoms with Gasteiger partial charge in [0.05, 0.1) is 6.20 Å². The first-order valence-corrected chi connectivity index (χ1v) is 7.50. The van der Waals surface area contributed by atoms with Crippen LogP contribution in [0.15, 0.2) is 6.20 Å². The van der Waals surface area contributed by atoms with E-state index in [2.05, 4.69) is 15.6 Å². The highest BCUT2D eigenvalue weighted by Crippen LogP contribution is 2.28. The van der Waals surface area contributed by atoms with Crippen LogP contribution in [0.4, 0.5) is 0 Å². The summed E-state index contributed by atoms with van der Waals surface area (Å²) in [6, 6.07) is 0. The molecule has 1 fully saturated rings. The topological polar surface area (TPSA) is 117 Å². The molecule has 1 aromatic rings. The lowest BCUT2D eigenvalue weighted by Crippen LogP contribution is -2.55. The summed E-state index contributed by atoms with van der Waals surface area (Å²) in [5.41, 5.74) is -1.23. The zero-order valence-electron chi connectivity index (χ0n) is 13.3. The largest absolute Gasteiger partial charge is 0.480 e. The first kappa shape index (κ1) is 16.9. The maximum atomic E-state index is 12.3. The standard InChI is InChI=1S/C14H21N5O4/c1-18(2)11(20)9-19-8-10(16-17-19)12(21)15-14(13(22)23)6-4-3-5-7-14/h8H,3-7,9H2,1-2H3,(H,15,21)(H,22,23). The van der Waals surface area contributed by atoms with Gasteiger partial charge in [-0.25, -0.2) is 9.48 Å². The molecule has 1 saturated carbocycles. The van der Waals surface area contributed by atoms with Crippen molar-refractivity contribution in [3.05, 3.63) is 11.9 Å². The van der Waals surface area contributed by atoms with Gasteiger partial charge in [0.25, 0.3) is 5.91 Å². The molecule has 23 heavy (non-hydrogen) atoms. The average molecular weight is 323 g/mol. The Balaban J connectivity index is 2.07. The second kappa shape index (κ2) is 6.76. The van der Waals surface area contributed by atoms with Gasteiger partial charge in [0.1, 0.15) is 12.1 Å². The summed E-state index contributed by atoms with van der Waals surface area (Å²) >= 11 is 0. The summed E-state index contributed by atoms with van der Waals surface area (Å²) in [6.45, 7) is -0.0304. The van der Waals surface area contributed by atoms with Crippen molar-refractivity contribution in [3.63, 3.8) is 0 Å². The van der Waals surface area contributed by atoms with Crippen LogP contribution in [0.3, 0.4) is 0 Å². The summed E-state index contributed by atoms with van der Waals surface area (Å²) in [5.74, 6) is -1.80. The summed E-state index contributed by atoms with van der Waals surface area (Å²) in [7, 11) is 3.24. The number of carbonyl (C=O) groups excluding carboxylic acids is 2. The molecular weight excluding hydrogens is 302 g/mol. The summed E-state index contributed by atoms with van der Waals surface area (Å²) in [5, 5.41) is 19.5. The van der Waals surface area contributed by atoms with Gasteiger partial charge >= 0.3 is 5.97 Å². The van der Waals surface area contributed by atoms with Crippen molar-refractivity contribution in [2.24, 2.45) is 0 Å². The number of amides is 2. The first-order valence-electron chi connectivity index (χ1n) is 7.50. The predicted molar refractivity (Wildman–Crippen MR) is 79.6 cm³/mol. The monoisotopic (exact) mass is 323 g/mol. The molecule has 0 aliphatic heterocycles. The van der Waals surface area contributed by atoms with Crippen LogP contribution >= 0.6 is 0 Å². The SMILES string of the molecule is CN(C)C(=O)Cn1cc(C(=O)NC2(C(=O)O)CCCCC2)nn1. The minimum atomic E-state index is -1.24. The number of rotatable bonds is 5. The fourth-order valence-corrected chi connectivity index (χ4v) is 2.59. The number of nitrogens with one attached hydrogen (secondary N) is 1. The Hall–Kier alpha value is -2.45. The third-order valence-electron chi connectivity index (χ3n) is 4.04. The van der Waals surface area contributed by atoms with Gasteiger partial charge in [-0.3, -0.25) is 9.59 Å². The van der Waals surface area contributed by atoms with E-state index in [0.29, 0.717) is 12.8 Å². The van der Waals surface area contributed by atoms with E-state index >= 15 is 0 Å². The third-order valence-corrected chi connectivity index (χ3v) is 4.04. The molecule has 0 unspecified atom stereocenters. The molecule has 0 aromatic carbocycles. The number of aliphatic carboxylic acids is 1. The van der Waals surface area contributed by atoms with Crippen molar-refractivity contribution in [2.45, 2.75) is 44.2 Å². The van der Waals surface area contributed by atoms with E-state index in [-0.39, 0.29) is 18.1 Å². The smallest absolute Gasteiger partial charge is 0.329 e. The van der Waals surface area contributed by atoms with Crippen LogP contribution in [0.2, 0.25) is 0 Å². The Morgan fingerprint density at radius 1 is 1.30 bits per heavy atom. The van der Waals surface area contributed by atoms with E-state index in [1.807, 2.05) is 0 Å². The van der Waals surface area contributed by atoms with E-state index in [9.17, 15) is 19.5 Å². The predicted octanol–water partition coefficient (Wildman–Crippen LogP) is -0.116. The number of nitrogens with zero attached hydrogens (tertiary/aromatic N) is 4. The van der Waals surface area contributed by atoms with Gasteiger partial charge in [0, 0.05) is 14.1 Å². The summed E-state index contributed by atoms with van der Waals surface area (Å²) in [4.78, 5) is 36.8. The fourth-order valence-electron chi connectivity index (χ4n) is 2.59. The highest BCUT2D eigenvalue weighted by molar-refractivity contribution is 5.96. The number of carboxylic acids is 1. The minimum Gasteiger partial charge on any atom is -0.480 e. The minimum absolute atomic E-state index is 0.00255. The van der Waals surface area contributed by atoms with Crippen LogP contribution in [0.25, 0.3) is 0 Å². The quantitative estimate of drug-likeness (QED) is 0.780. The molecule has 2 rings (SSSR count). The zero-order chi connectivity index (χ0) is 17.0. The molecule has 0 atom stereocenters. The van der Waals surface area contributed by atoms with Crippen LogP contribution < -0.4 is 5.32 Å². The zero-order valence-corrected chi connectivity index (χ0v) is 13.3. The number of carboxylic acid groups (broad SMARTS) is 1. The molecule has 9 heteroatoms. The third kappa shape index (κ3) is 3.85. The van der Waals surface area contributed by atoms with Gasteiger partial charge in [-0.05, 0) is 12.8 Å². The lowest BCUT2D eigenvalue weighted by atomic mass is 9.81. The highest BCUT2D eigenvalue weighted by atomic mass is 16.4. The number of hydrogen-bond donors (Lipinski definition) is 2. The summed E-state index contributed by atoms with van der Waals surface area (Å²) < 4.78 is 1.26. The number of carbonyl (C=O) groups is 3.